The molecule has 16 heteroatoms. The van der Waals surface area contributed by atoms with Gasteiger partial charge in [-0.1, -0.05) is 0 Å². The summed E-state index contributed by atoms with van der Waals surface area (Å²) in [5.74, 6) is -6.23. The second-order valence-electron chi connectivity index (χ2n) is 7.97. The molecular formula is C19H32N8O8. The minimum atomic E-state index is -1.48. The fourth-order valence-electron chi connectivity index (χ4n) is 3.49. The van der Waals surface area contributed by atoms with Gasteiger partial charge in [0.05, 0.1) is 18.9 Å². The Balaban J connectivity index is 2.91. The van der Waals surface area contributed by atoms with Gasteiger partial charge in [-0.05, 0) is 25.7 Å². The van der Waals surface area contributed by atoms with Crippen molar-refractivity contribution in [2.24, 2.45) is 27.9 Å². The number of nitrogens with two attached hydrogens (primary N) is 4. The summed E-state index contributed by atoms with van der Waals surface area (Å²) in [5, 5.41) is 22.8. The zero-order chi connectivity index (χ0) is 26.7. The number of carboxylic acids is 2. The van der Waals surface area contributed by atoms with Crippen LogP contribution in [0.25, 0.3) is 0 Å². The first-order valence-electron chi connectivity index (χ1n) is 10.8. The smallest absolute Gasteiger partial charge is 0.326 e. The summed E-state index contributed by atoms with van der Waals surface area (Å²) in [6, 6.07) is -5.28. The second-order valence-corrected chi connectivity index (χ2v) is 7.97. The lowest BCUT2D eigenvalue weighted by Crippen LogP contribution is -2.57. The number of carboxylic acid groups (broad SMARTS) is 2. The maximum Gasteiger partial charge on any atom is 0.326 e. The number of primary amides is 1. The van der Waals surface area contributed by atoms with Crippen LogP contribution < -0.4 is 33.6 Å². The molecule has 1 rings (SSSR count). The van der Waals surface area contributed by atoms with E-state index in [0.29, 0.717) is 6.42 Å². The van der Waals surface area contributed by atoms with E-state index in [-0.39, 0.29) is 38.3 Å². The van der Waals surface area contributed by atoms with Gasteiger partial charge >= 0.3 is 11.9 Å². The number of hydrogen-bond donors (Lipinski definition) is 8. The van der Waals surface area contributed by atoms with E-state index in [2.05, 4.69) is 15.6 Å². The van der Waals surface area contributed by atoms with Crippen molar-refractivity contribution in [1.29, 1.82) is 0 Å². The number of rotatable bonds is 14. The summed E-state index contributed by atoms with van der Waals surface area (Å²) >= 11 is 0. The third-order valence-corrected chi connectivity index (χ3v) is 5.15. The lowest BCUT2D eigenvalue weighted by Gasteiger charge is -2.29. The van der Waals surface area contributed by atoms with Gasteiger partial charge in [-0.25, -0.2) is 4.79 Å². The molecule has 0 aromatic heterocycles. The quantitative estimate of drug-likeness (QED) is 0.0642. The molecule has 1 heterocycles. The summed E-state index contributed by atoms with van der Waals surface area (Å²) in [7, 11) is 0. The van der Waals surface area contributed by atoms with Crippen LogP contribution in [0.3, 0.4) is 0 Å². The van der Waals surface area contributed by atoms with Crippen LogP contribution in [0.4, 0.5) is 0 Å². The SMILES string of the molecule is NC(=O)CC(NC(=O)C(N)CC(=O)O)C(=O)N1CCCC1C(=O)NC(CCCN=C(N)N)C(=O)O. The maximum absolute atomic E-state index is 13.1. The highest BCUT2D eigenvalue weighted by Crippen LogP contribution is 2.20. The molecule has 0 spiro atoms. The van der Waals surface area contributed by atoms with Gasteiger partial charge in [0.15, 0.2) is 5.96 Å². The van der Waals surface area contributed by atoms with Crippen molar-refractivity contribution in [3.8, 4) is 0 Å². The molecule has 1 fully saturated rings. The molecule has 16 nitrogen and oxygen atoms in total. The summed E-state index contributed by atoms with van der Waals surface area (Å²) in [5.41, 5.74) is 21.1. The number of nitrogens with zero attached hydrogens (tertiary/aromatic N) is 2. The molecule has 35 heavy (non-hydrogen) atoms. The molecule has 0 aromatic rings. The number of amides is 4. The molecule has 0 radical (unpaired) electrons. The van der Waals surface area contributed by atoms with Crippen LogP contribution in [0.2, 0.25) is 0 Å². The van der Waals surface area contributed by atoms with Gasteiger partial charge in [0.1, 0.15) is 18.1 Å². The molecule has 4 unspecified atom stereocenters. The summed E-state index contributed by atoms with van der Waals surface area (Å²) in [6.45, 7) is 0.264. The van der Waals surface area contributed by atoms with Crippen LogP contribution in [-0.4, -0.2) is 93.9 Å². The van der Waals surface area contributed by atoms with E-state index in [0.717, 1.165) is 4.90 Å². The first kappa shape index (κ1) is 29.1. The lowest BCUT2D eigenvalue weighted by atomic mass is 10.1. The largest absolute Gasteiger partial charge is 0.481 e. The molecule has 0 saturated carbocycles. The van der Waals surface area contributed by atoms with Crippen molar-refractivity contribution in [3.05, 3.63) is 0 Å². The van der Waals surface area contributed by atoms with E-state index in [4.69, 9.17) is 28.0 Å². The first-order chi connectivity index (χ1) is 16.3. The van der Waals surface area contributed by atoms with Gasteiger partial charge in [-0.3, -0.25) is 29.0 Å². The Labute approximate surface area is 200 Å². The second kappa shape index (κ2) is 13.7. The van der Waals surface area contributed by atoms with Crippen LogP contribution in [0.5, 0.6) is 0 Å². The monoisotopic (exact) mass is 500 g/mol. The van der Waals surface area contributed by atoms with Crippen molar-refractivity contribution in [1.82, 2.24) is 15.5 Å². The van der Waals surface area contributed by atoms with E-state index in [1.807, 2.05) is 0 Å². The Bertz CT molecular complexity index is 860. The zero-order valence-electron chi connectivity index (χ0n) is 19.0. The van der Waals surface area contributed by atoms with Crippen LogP contribution in [-0.2, 0) is 28.8 Å². The van der Waals surface area contributed by atoms with Crippen LogP contribution in [0.15, 0.2) is 4.99 Å². The molecule has 1 aliphatic rings. The number of hydrogen-bond acceptors (Lipinski definition) is 8. The van der Waals surface area contributed by atoms with E-state index in [9.17, 15) is 33.9 Å². The van der Waals surface area contributed by atoms with Gasteiger partial charge in [-0.15, -0.1) is 0 Å². The maximum atomic E-state index is 13.1. The van der Waals surface area contributed by atoms with E-state index in [1.54, 1.807) is 0 Å². The Kier molecular flexibility index (Phi) is 11.4. The number of nitrogens with one attached hydrogen (secondary N) is 2. The van der Waals surface area contributed by atoms with Crippen molar-refractivity contribution < 1.29 is 39.0 Å². The van der Waals surface area contributed by atoms with Crippen LogP contribution >= 0.6 is 0 Å². The van der Waals surface area contributed by atoms with Crippen LogP contribution in [0, 0.1) is 0 Å². The molecular weight excluding hydrogens is 468 g/mol. The van der Waals surface area contributed by atoms with Gasteiger partial charge in [0.25, 0.3) is 0 Å². The molecule has 0 aromatic carbocycles. The molecule has 4 atom stereocenters. The molecule has 4 amide bonds. The van der Waals surface area contributed by atoms with Gasteiger partial charge < -0.3 is 48.7 Å². The first-order valence-corrected chi connectivity index (χ1v) is 10.8. The number of carbonyl (C=O) groups excluding carboxylic acids is 4. The Morgan fingerprint density at radius 2 is 1.66 bits per heavy atom. The van der Waals surface area contributed by atoms with Crippen molar-refractivity contribution in [2.75, 3.05) is 13.1 Å². The highest BCUT2D eigenvalue weighted by molar-refractivity contribution is 5.97. The minimum Gasteiger partial charge on any atom is -0.481 e. The predicted molar refractivity (Wildman–Crippen MR) is 120 cm³/mol. The molecule has 1 saturated heterocycles. The minimum absolute atomic E-state index is 0.0281. The molecule has 196 valence electrons. The predicted octanol–water partition coefficient (Wildman–Crippen LogP) is -4.24. The molecule has 0 aliphatic carbocycles. The lowest BCUT2D eigenvalue weighted by molar-refractivity contribution is -0.145. The van der Waals surface area contributed by atoms with Crippen molar-refractivity contribution in [2.45, 2.75) is 62.7 Å². The summed E-state index contributed by atoms with van der Waals surface area (Å²) in [6.07, 6.45) is -0.406. The molecule has 12 N–H and O–H groups in total. The Morgan fingerprint density at radius 1 is 1.00 bits per heavy atom. The van der Waals surface area contributed by atoms with Crippen molar-refractivity contribution in [3.63, 3.8) is 0 Å². The molecule has 1 aliphatic heterocycles. The van der Waals surface area contributed by atoms with Crippen molar-refractivity contribution >= 4 is 41.5 Å². The van der Waals surface area contributed by atoms with E-state index in [1.165, 1.54) is 0 Å². The average Bonchev–Trinajstić information content (AvgIpc) is 3.23. The normalized spacial score (nSPS) is 17.5. The summed E-state index contributed by atoms with van der Waals surface area (Å²) < 4.78 is 0. The number of aliphatic imine (C=N–C) groups is 1. The summed E-state index contributed by atoms with van der Waals surface area (Å²) in [4.78, 5) is 76.7. The van der Waals surface area contributed by atoms with Gasteiger partial charge in [0, 0.05) is 13.1 Å². The molecule has 0 bridgehead atoms. The zero-order valence-corrected chi connectivity index (χ0v) is 19.0. The highest BCUT2D eigenvalue weighted by Gasteiger charge is 2.39. The van der Waals surface area contributed by atoms with Gasteiger partial charge in [0.2, 0.25) is 23.6 Å². The van der Waals surface area contributed by atoms with E-state index >= 15 is 0 Å². The third kappa shape index (κ3) is 9.83. The number of carbonyl (C=O) groups is 6. The topological polar surface area (TPSA) is 287 Å². The average molecular weight is 501 g/mol. The van der Waals surface area contributed by atoms with Gasteiger partial charge in [-0.2, -0.15) is 0 Å². The van der Waals surface area contributed by atoms with E-state index < -0.39 is 72.6 Å². The number of aliphatic carboxylic acids is 2. The fourth-order valence-corrected chi connectivity index (χ4v) is 3.49. The highest BCUT2D eigenvalue weighted by atomic mass is 16.4. The number of likely N-dealkylation sites (tertiary alicyclic amines) is 1. The Morgan fingerprint density at radius 3 is 2.20 bits per heavy atom. The third-order valence-electron chi connectivity index (χ3n) is 5.15. The standard InChI is InChI=1S/C19H32N8O8/c20-9(7-14(29)30)15(31)26-11(8-13(21)28)17(33)27-6-2-4-12(27)16(32)25-10(18(34)35)3-1-5-24-19(22)23/h9-12H,1-8,20H2,(H2,21,28)(H,25,32)(H,26,31)(H,29,30)(H,34,35)(H4,22,23,24). The number of guanidine groups is 1. The van der Waals surface area contributed by atoms with Crippen LogP contribution in [0.1, 0.15) is 38.5 Å². The Hall–Kier alpha value is -3.95. The fraction of sp³-hybridized carbons (Fsp3) is 0.632.